The molecule has 2 aliphatic heterocycles. The number of nitrogens with zero attached hydrogens (tertiary/aromatic N) is 2. The first-order valence-electron chi connectivity index (χ1n) is 8.53. The Morgan fingerprint density at radius 1 is 1.00 bits per heavy atom. The normalized spacial score (nSPS) is 44.7. The Morgan fingerprint density at radius 3 is 2.63 bits per heavy atom. The van der Waals surface area contributed by atoms with Crippen LogP contribution in [-0.2, 0) is 0 Å². The van der Waals surface area contributed by atoms with E-state index in [-0.39, 0.29) is 0 Å². The lowest BCUT2D eigenvalue weighted by Crippen LogP contribution is -2.58. The van der Waals surface area contributed by atoms with Gasteiger partial charge < -0.3 is 5.73 Å². The number of hydrogen-bond acceptors (Lipinski definition) is 3. The first-order chi connectivity index (χ1) is 9.32. The van der Waals surface area contributed by atoms with E-state index in [1.54, 1.807) is 0 Å². The third kappa shape index (κ3) is 2.05. The highest BCUT2D eigenvalue weighted by Crippen LogP contribution is 2.44. The van der Waals surface area contributed by atoms with Crippen molar-refractivity contribution in [2.24, 2.45) is 11.7 Å². The van der Waals surface area contributed by atoms with Gasteiger partial charge in [-0.2, -0.15) is 0 Å². The summed E-state index contributed by atoms with van der Waals surface area (Å²) in [5, 5.41) is 0. The minimum atomic E-state index is 0.333. The Hall–Kier alpha value is -0.120. The molecule has 0 aromatic rings. The number of likely N-dealkylation sites (tertiary alicyclic amines) is 2. The summed E-state index contributed by atoms with van der Waals surface area (Å²) in [6.45, 7) is 4.76. The molecule has 4 rings (SSSR count). The van der Waals surface area contributed by atoms with Crippen molar-refractivity contribution in [2.75, 3.05) is 26.2 Å². The molecule has 0 aromatic carbocycles. The highest BCUT2D eigenvalue weighted by atomic mass is 15.3. The molecular weight excluding hydrogens is 234 g/mol. The zero-order valence-corrected chi connectivity index (χ0v) is 12.2. The fraction of sp³-hybridized carbons (Fsp3) is 1.00. The van der Waals surface area contributed by atoms with Crippen LogP contribution in [0.1, 0.15) is 51.4 Å². The zero-order valence-electron chi connectivity index (χ0n) is 12.2. The molecular formula is C16H29N3. The third-order valence-electron chi connectivity index (χ3n) is 6.42. The van der Waals surface area contributed by atoms with Gasteiger partial charge in [-0.25, -0.2) is 0 Å². The van der Waals surface area contributed by atoms with Crippen LogP contribution in [0.2, 0.25) is 0 Å². The van der Waals surface area contributed by atoms with Crippen molar-refractivity contribution < 1.29 is 0 Å². The summed E-state index contributed by atoms with van der Waals surface area (Å²) in [4.78, 5) is 5.61. The van der Waals surface area contributed by atoms with Gasteiger partial charge in [-0.3, -0.25) is 9.80 Å². The molecule has 19 heavy (non-hydrogen) atoms. The molecule has 2 heterocycles. The second kappa shape index (κ2) is 4.71. The Kier molecular flexibility index (Phi) is 3.13. The van der Waals surface area contributed by atoms with Gasteiger partial charge in [0.25, 0.3) is 0 Å². The van der Waals surface area contributed by atoms with Crippen LogP contribution >= 0.6 is 0 Å². The van der Waals surface area contributed by atoms with Gasteiger partial charge >= 0.3 is 0 Å². The first kappa shape index (κ1) is 12.6. The average molecular weight is 263 g/mol. The summed E-state index contributed by atoms with van der Waals surface area (Å²) < 4.78 is 0. The number of nitrogens with two attached hydrogens (primary N) is 1. The average Bonchev–Trinajstić information content (AvgIpc) is 3.06. The molecule has 4 aliphatic rings. The Morgan fingerprint density at radius 2 is 1.84 bits per heavy atom. The molecule has 3 nitrogen and oxygen atoms in total. The number of hydrogen-bond donors (Lipinski definition) is 1. The monoisotopic (exact) mass is 263 g/mol. The molecule has 0 amide bonds. The lowest BCUT2D eigenvalue weighted by molar-refractivity contribution is 0.0588. The van der Waals surface area contributed by atoms with E-state index >= 15 is 0 Å². The van der Waals surface area contributed by atoms with E-state index in [1.807, 2.05) is 0 Å². The van der Waals surface area contributed by atoms with Crippen molar-refractivity contribution in [3.8, 4) is 0 Å². The molecule has 3 atom stereocenters. The first-order valence-corrected chi connectivity index (χ1v) is 8.53. The van der Waals surface area contributed by atoms with Crippen LogP contribution < -0.4 is 5.73 Å². The van der Waals surface area contributed by atoms with Gasteiger partial charge in [0, 0.05) is 37.3 Å². The molecule has 0 aromatic heterocycles. The summed E-state index contributed by atoms with van der Waals surface area (Å²) in [5.74, 6) is 0.993. The predicted octanol–water partition coefficient (Wildman–Crippen LogP) is 1.82. The molecule has 4 fully saturated rings. The predicted molar refractivity (Wildman–Crippen MR) is 78.1 cm³/mol. The summed E-state index contributed by atoms with van der Waals surface area (Å²) in [6.07, 6.45) is 11.5. The second-order valence-corrected chi connectivity index (χ2v) is 7.47. The molecule has 0 spiro atoms. The maximum atomic E-state index is 6.28. The van der Waals surface area contributed by atoms with Crippen molar-refractivity contribution in [1.29, 1.82) is 0 Å². The number of fused-ring (bicyclic) bond motifs is 1. The summed E-state index contributed by atoms with van der Waals surface area (Å²) >= 11 is 0. The van der Waals surface area contributed by atoms with E-state index < -0.39 is 0 Å². The van der Waals surface area contributed by atoms with Gasteiger partial charge in [0.2, 0.25) is 0 Å². The van der Waals surface area contributed by atoms with E-state index in [1.165, 1.54) is 71.0 Å². The van der Waals surface area contributed by atoms with Crippen molar-refractivity contribution in [3.63, 3.8) is 0 Å². The van der Waals surface area contributed by atoms with Crippen LogP contribution in [0, 0.1) is 5.92 Å². The van der Waals surface area contributed by atoms with Gasteiger partial charge in [0.15, 0.2) is 0 Å². The molecule has 3 unspecified atom stereocenters. The van der Waals surface area contributed by atoms with Gasteiger partial charge in [-0.15, -0.1) is 0 Å². The molecule has 0 bridgehead atoms. The van der Waals surface area contributed by atoms with Crippen molar-refractivity contribution in [2.45, 2.75) is 69.0 Å². The lowest BCUT2D eigenvalue weighted by atomic mass is 9.83. The van der Waals surface area contributed by atoms with Gasteiger partial charge in [0.1, 0.15) is 0 Å². The SMILES string of the molecule is NCC1(N2CCC3CCCCC32)CCN(C2CC2)C1. The molecule has 2 saturated heterocycles. The summed E-state index contributed by atoms with van der Waals surface area (Å²) in [7, 11) is 0. The van der Waals surface area contributed by atoms with Crippen LogP contribution in [0.15, 0.2) is 0 Å². The van der Waals surface area contributed by atoms with Crippen molar-refractivity contribution in [1.82, 2.24) is 9.80 Å². The van der Waals surface area contributed by atoms with Crippen molar-refractivity contribution >= 4 is 0 Å². The van der Waals surface area contributed by atoms with Crippen LogP contribution in [-0.4, -0.2) is 53.6 Å². The van der Waals surface area contributed by atoms with Gasteiger partial charge in [-0.1, -0.05) is 12.8 Å². The smallest absolute Gasteiger partial charge is 0.0473 e. The summed E-state index contributed by atoms with van der Waals surface area (Å²) in [6, 6.07) is 1.79. The fourth-order valence-corrected chi connectivity index (χ4v) is 5.15. The molecule has 2 saturated carbocycles. The second-order valence-electron chi connectivity index (χ2n) is 7.47. The van der Waals surface area contributed by atoms with E-state index in [0.717, 1.165) is 24.5 Å². The molecule has 108 valence electrons. The minimum Gasteiger partial charge on any atom is -0.329 e. The zero-order chi connectivity index (χ0) is 12.9. The highest BCUT2D eigenvalue weighted by Gasteiger charge is 2.51. The van der Waals surface area contributed by atoms with Gasteiger partial charge in [0.05, 0.1) is 0 Å². The third-order valence-corrected chi connectivity index (χ3v) is 6.42. The van der Waals surface area contributed by atoms with Crippen molar-refractivity contribution in [3.05, 3.63) is 0 Å². The van der Waals surface area contributed by atoms with Crippen LogP contribution in [0.4, 0.5) is 0 Å². The number of rotatable bonds is 3. The Labute approximate surface area is 117 Å². The maximum Gasteiger partial charge on any atom is 0.0473 e. The molecule has 0 radical (unpaired) electrons. The quantitative estimate of drug-likeness (QED) is 0.843. The van der Waals surface area contributed by atoms with Crippen LogP contribution in [0.5, 0.6) is 0 Å². The molecule has 2 N–H and O–H groups in total. The summed E-state index contributed by atoms with van der Waals surface area (Å²) in [5.41, 5.74) is 6.62. The largest absolute Gasteiger partial charge is 0.329 e. The van der Waals surface area contributed by atoms with E-state index in [0.29, 0.717) is 5.54 Å². The molecule has 2 aliphatic carbocycles. The topological polar surface area (TPSA) is 32.5 Å². The molecule has 3 heteroatoms. The highest BCUT2D eigenvalue weighted by molar-refractivity contribution is 5.08. The van der Waals surface area contributed by atoms with E-state index in [4.69, 9.17) is 5.73 Å². The lowest BCUT2D eigenvalue weighted by Gasteiger charge is -2.44. The van der Waals surface area contributed by atoms with E-state index in [2.05, 4.69) is 9.80 Å². The Bertz CT molecular complexity index is 341. The maximum absolute atomic E-state index is 6.28. The van der Waals surface area contributed by atoms with Crippen LogP contribution in [0.25, 0.3) is 0 Å². The minimum absolute atomic E-state index is 0.333. The Balaban J connectivity index is 1.52. The van der Waals surface area contributed by atoms with Gasteiger partial charge in [-0.05, 0) is 51.0 Å². The fourth-order valence-electron chi connectivity index (χ4n) is 5.15. The van der Waals surface area contributed by atoms with Crippen LogP contribution in [0.3, 0.4) is 0 Å². The standard InChI is InChI=1S/C16H29N3/c17-11-16(8-10-18(12-16)14-5-6-14)19-9-7-13-3-1-2-4-15(13)19/h13-15H,1-12,17H2. The van der Waals surface area contributed by atoms with E-state index in [9.17, 15) is 0 Å².